The Bertz CT molecular complexity index is 623. The SMILES string of the molecule is COc1ccc(C#N)cc1-c1ccc(C)c(C)c1. The van der Waals surface area contributed by atoms with Gasteiger partial charge in [0.05, 0.1) is 18.7 Å². The summed E-state index contributed by atoms with van der Waals surface area (Å²) in [6, 6.07) is 13.9. The van der Waals surface area contributed by atoms with Crippen LogP contribution in [0.5, 0.6) is 5.75 Å². The predicted octanol–water partition coefficient (Wildman–Crippen LogP) is 3.85. The van der Waals surface area contributed by atoms with Gasteiger partial charge in [0.15, 0.2) is 0 Å². The fourth-order valence-corrected chi connectivity index (χ4v) is 1.91. The molecule has 2 aromatic carbocycles. The van der Waals surface area contributed by atoms with Crippen LogP contribution in [0.25, 0.3) is 11.1 Å². The molecule has 0 bridgehead atoms. The van der Waals surface area contributed by atoms with E-state index in [0.29, 0.717) is 5.56 Å². The second kappa shape index (κ2) is 4.93. The lowest BCUT2D eigenvalue weighted by Crippen LogP contribution is -1.90. The minimum Gasteiger partial charge on any atom is -0.496 e. The van der Waals surface area contributed by atoms with E-state index in [4.69, 9.17) is 10.00 Å². The van der Waals surface area contributed by atoms with Crippen molar-refractivity contribution in [2.24, 2.45) is 0 Å². The molecule has 0 aromatic heterocycles. The monoisotopic (exact) mass is 237 g/mol. The van der Waals surface area contributed by atoms with E-state index in [1.807, 2.05) is 12.1 Å². The van der Waals surface area contributed by atoms with E-state index in [1.54, 1.807) is 13.2 Å². The predicted molar refractivity (Wildman–Crippen MR) is 72.6 cm³/mol. The summed E-state index contributed by atoms with van der Waals surface area (Å²) in [5.41, 5.74) is 5.17. The van der Waals surface area contributed by atoms with Gasteiger partial charge >= 0.3 is 0 Å². The molecule has 0 aliphatic rings. The molecular weight excluding hydrogens is 222 g/mol. The van der Waals surface area contributed by atoms with Gasteiger partial charge in [-0.3, -0.25) is 0 Å². The van der Waals surface area contributed by atoms with Crippen molar-refractivity contribution >= 4 is 0 Å². The van der Waals surface area contributed by atoms with Gasteiger partial charge in [0.1, 0.15) is 5.75 Å². The Kier molecular flexibility index (Phi) is 3.34. The lowest BCUT2D eigenvalue weighted by molar-refractivity contribution is 0.416. The number of rotatable bonds is 2. The molecule has 0 atom stereocenters. The lowest BCUT2D eigenvalue weighted by Gasteiger charge is -2.10. The summed E-state index contributed by atoms with van der Waals surface area (Å²) in [6.07, 6.45) is 0. The fourth-order valence-electron chi connectivity index (χ4n) is 1.91. The van der Waals surface area contributed by atoms with Gasteiger partial charge in [-0.2, -0.15) is 5.26 Å². The van der Waals surface area contributed by atoms with Crippen LogP contribution in [0.2, 0.25) is 0 Å². The molecule has 0 spiro atoms. The second-order valence-corrected chi connectivity index (χ2v) is 4.33. The Balaban J connectivity index is 2.61. The molecule has 0 radical (unpaired) electrons. The molecule has 2 heteroatoms. The van der Waals surface area contributed by atoms with Crippen LogP contribution in [0.15, 0.2) is 36.4 Å². The third-order valence-corrected chi connectivity index (χ3v) is 3.15. The Hall–Kier alpha value is -2.27. The average Bonchev–Trinajstić information content (AvgIpc) is 2.41. The lowest BCUT2D eigenvalue weighted by atomic mass is 9.98. The summed E-state index contributed by atoms with van der Waals surface area (Å²) in [5.74, 6) is 0.789. The first-order valence-electron chi connectivity index (χ1n) is 5.81. The van der Waals surface area contributed by atoms with Crippen LogP contribution >= 0.6 is 0 Å². The van der Waals surface area contributed by atoms with Crippen molar-refractivity contribution < 1.29 is 4.74 Å². The molecule has 0 aliphatic heterocycles. The first-order valence-corrected chi connectivity index (χ1v) is 5.81. The van der Waals surface area contributed by atoms with E-state index in [1.165, 1.54) is 11.1 Å². The number of ether oxygens (including phenoxy) is 1. The molecule has 0 aliphatic carbocycles. The zero-order valence-electron chi connectivity index (χ0n) is 10.8. The van der Waals surface area contributed by atoms with Crippen molar-refractivity contribution in [3.8, 4) is 22.9 Å². The van der Waals surface area contributed by atoms with Gasteiger partial charge in [0.25, 0.3) is 0 Å². The molecule has 0 N–H and O–H groups in total. The number of hydrogen-bond donors (Lipinski definition) is 0. The standard InChI is InChI=1S/C16H15NO/c1-11-4-6-14(8-12(11)2)15-9-13(10-17)5-7-16(15)18-3/h4-9H,1-3H3. The highest BCUT2D eigenvalue weighted by Gasteiger charge is 2.08. The van der Waals surface area contributed by atoms with E-state index in [-0.39, 0.29) is 0 Å². The van der Waals surface area contributed by atoms with Crippen molar-refractivity contribution in [1.29, 1.82) is 5.26 Å². The molecular formula is C16H15NO. The summed E-state index contributed by atoms with van der Waals surface area (Å²) < 4.78 is 5.36. The molecule has 0 saturated carbocycles. The Morgan fingerprint density at radius 3 is 2.39 bits per heavy atom. The quantitative estimate of drug-likeness (QED) is 0.794. The van der Waals surface area contributed by atoms with Gasteiger partial charge in [0.2, 0.25) is 0 Å². The van der Waals surface area contributed by atoms with Crippen LogP contribution in [0.3, 0.4) is 0 Å². The molecule has 0 saturated heterocycles. The normalized spacial score (nSPS) is 9.89. The summed E-state index contributed by atoms with van der Waals surface area (Å²) in [4.78, 5) is 0. The number of methoxy groups -OCH3 is 1. The Morgan fingerprint density at radius 2 is 1.78 bits per heavy atom. The van der Waals surface area contributed by atoms with Crippen LogP contribution in [-0.2, 0) is 0 Å². The van der Waals surface area contributed by atoms with Crippen LogP contribution < -0.4 is 4.74 Å². The zero-order chi connectivity index (χ0) is 13.1. The van der Waals surface area contributed by atoms with E-state index in [2.05, 4.69) is 38.1 Å². The van der Waals surface area contributed by atoms with Gasteiger partial charge in [0, 0.05) is 5.56 Å². The maximum Gasteiger partial charge on any atom is 0.126 e. The van der Waals surface area contributed by atoms with Crippen molar-refractivity contribution in [3.63, 3.8) is 0 Å². The van der Waals surface area contributed by atoms with Crippen molar-refractivity contribution in [2.75, 3.05) is 7.11 Å². The number of nitrogens with zero attached hydrogens (tertiary/aromatic N) is 1. The smallest absolute Gasteiger partial charge is 0.126 e. The molecule has 0 heterocycles. The topological polar surface area (TPSA) is 33.0 Å². The van der Waals surface area contributed by atoms with Crippen molar-refractivity contribution in [3.05, 3.63) is 53.1 Å². The van der Waals surface area contributed by atoms with Gasteiger partial charge in [-0.05, 0) is 48.7 Å². The number of aryl methyl sites for hydroxylation is 2. The highest BCUT2D eigenvalue weighted by Crippen LogP contribution is 2.31. The molecule has 0 fully saturated rings. The van der Waals surface area contributed by atoms with E-state index in [9.17, 15) is 0 Å². The Labute approximate surface area is 107 Å². The number of hydrogen-bond acceptors (Lipinski definition) is 2. The minimum absolute atomic E-state index is 0.643. The first-order chi connectivity index (χ1) is 8.65. The maximum atomic E-state index is 8.98. The fraction of sp³-hybridized carbons (Fsp3) is 0.188. The molecule has 2 nitrogen and oxygen atoms in total. The molecule has 18 heavy (non-hydrogen) atoms. The minimum atomic E-state index is 0.643. The van der Waals surface area contributed by atoms with Gasteiger partial charge in [-0.25, -0.2) is 0 Å². The highest BCUT2D eigenvalue weighted by molar-refractivity contribution is 5.72. The average molecular weight is 237 g/mol. The Morgan fingerprint density at radius 1 is 1.00 bits per heavy atom. The molecule has 90 valence electrons. The highest BCUT2D eigenvalue weighted by atomic mass is 16.5. The summed E-state index contributed by atoms with van der Waals surface area (Å²) in [6.45, 7) is 4.17. The number of nitriles is 1. The third kappa shape index (κ3) is 2.21. The van der Waals surface area contributed by atoms with Crippen LogP contribution in [0.4, 0.5) is 0 Å². The van der Waals surface area contributed by atoms with E-state index >= 15 is 0 Å². The molecule has 0 amide bonds. The van der Waals surface area contributed by atoms with Gasteiger partial charge < -0.3 is 4.74 Å². The van der Waals surface area contributed by atoms with Gasteiger partial charge in [-0.1, -0.05) is 18.2 Å². The molecule has 0 unspecified atom stereocenters. The summed E-state index contributed by atoms with van der Waals surface area (Å²) >= 11 is 0. The van der Waals surface area contributed by atoms with Crippen LogP contribution in [0, 0.1) is 25.2 Å². The molecule has 2 aromatic rings. The van der Waals surface area contributed by atoms with Crippen molar-refractivity contribution in [1.82, 2.24) is 0 Å². The third-order valence-electron chi connectivity index (χ3n) is 3.15. The zero-order valence-corrected chi connectivity index (χ0v) is 10.8. The first kappa shape index (κ1) is 12.2. The van der Waals surface area contributed by atoms with E-state index < -0.39 is 0 Å². The summed E-state index contributed by atoms with van der Waals surface area (Å²) in [7, 11) is 1.64. The maximum absolute atomic E-state index is 8.98. The largest absolute Gasteiger partial charge is 0.496 e. The molecule has 2 rings (SSSR count). The van der Waals surface area contributed by atoms with E-state index in [0.717, 1.165) is 16.9 Å². The van der Waals surface area contributed by atoms with Gasteiger partial charge in [-0.15, -0.1) is 0 Å². The van der Waals surface area contributed by atoms with Crippen molar-refractivity contribution in [2.45, 2.75) is 13.8 Å². The van der Waals surface area contributed by atoms with Crippen LogP contribution in [0.1, 0.15) is 16.7 Å². The summed E-state index contributed by atoms with van der Waals surface area (Å²) in [5, 5.41) is 8.98. The number of benzene rings is 2. The van der Waals surface area contributed by atoms with Crippen LogP contribution in [-0.4, -0.2) is 7.11 Å². The second-order valence-electron chi connectivity index (χ2n) is 4.33.